The molecule has 7 heteroatoms. The number of rotatable bonds is 5. The highest BCUT2D eigenvalue weighted by atomic mass is 19.1. The average Bonchev–Trinajstić information content (AvgIpc) is 2.79. The number of halogens is 1. The summed E-state index contributed by atoms with van der Waals surface area (Å²) in [7, 11) is 3.06. The monoisotopic (exact) mass is 419 g/mol. The normalized spacial score (nSPS) is 10.7. The van der Waals surface area contributed by atoms with Crippen molar-refractivity contribution in [2.45, 2.75) is 0 Å². The van der Waals surface area contributed by atoms with E-state index in [0.29, 0.717) is 34.1 Å². The van der Waals surface area contributed by atoms with Crippen molar-refractivity contribution < 1.29 is 23.1 Å². The largest absolute Gasteiger partial charge is 0.493 e. The lowest BCUT2D eigenvalue weighted by molar-refractivity contribution is 0.102. The number of anilines is 1. The molecule has 1 amide bonds. The predicted octanol–water partition coefficient (Wildman–Crippen LogP) is 4.87. The smallest absolute Gasteiger partial charge is 0.258 e. The number of carbonyl (C=O) groups excluding carboxylic acids is 1. The maximum atomic E-state index is 13.8. The van der Waals surface area contributed by atoms with E-state index in [1.165, 1.54) is 44.6 Å². The Morgan fingerprint density at radius 2 is 1.71 bits per heavy atom. The van der Waals surface area contributed by atoms with Crippen LogP contribution in [0.15, 0.2) is 75.9 Å². The summed E-state index contributed by atoms with van der Waals surface area (Å²) in [5, 5.41) is 2.89. The van der Waals surface area contributed by atoms with Crippen LogP contribution in [-0.2, 0) is 0 Å². The Balaban J connectivity index is 1.68. The van der Waals surface area contributed by atoms with Gasteiger partial charge < -0.3 is 19.2 Å². The third-order valence-corrected chi connectivity index (χ3v) is 4.77. The number of methoxy groups -OCH3 is 2. The lowest BCUT2D eigenvalue weighted by atomic mass is 10.1. The van der Waals surface area contributed by atoms with Crippen LogP contribution in [0.1, 0.15) is 10.4 Å². The van der Waals surface area contributed by atoms with Gasteiger partial charge >= 0.3 is 0 Å². The van der Waals surface area contributed by atoms with E-state index in [9.17, 15) is 14.0 Å². The zero-order valence-corrected chi connectivity index (χ0v) is 16.8. The summed E-state index contributed by atoms with van der Waals surface area (Å²) in [6.45, 7) is 0. The van der Waals surface area contributed by atoms with Crippen LogP contribution in [0.25, 0.3) is 22.3 Å². The highest BCUT2D eigenvalue weighted by Gasteiger charge is 2.14. The van der Waals surface area contributed by atoms with Crippen LogP contribution in [0.3, 0.4) is 0 Å². The molecule has 4 aromatic rings. The van der Waals surface area contributed by atoms with E-state index in [-0.39, 0.29) is 16.4 Å². The van der Waals surface area contributed by atoms with Crippen molar-refractivity contribution in [2.24, 2.45) is 0 Å². The molecule has 0 saturated carbocycles. The van der Waals surface area contributed by atoms with Gasteiger partial charge in [-0.3, -0.25) is 9.59 Å². The Hall–Kier alpha value is -4.13. The van der Waals surface area contributed by atoms with Gasteiger partial charge in [-0.1, -0.05) is 12.1 Å². The van der Waals surface area contributed by atoms with Gasteiger partial charge in [0.15, 0.2) is 16.9 Å². The molecule has 0 aliphatic carbocycles. The molecule has 0 saturated heterocycles. The Bertz CT molecular complexity index is 1350. The fraction of sp³-hybridized carbons (Fsp3) is 0.0833. The second kappa shape index (κ2) is 8.31. The van der Waals surface area contributed by atoms with Gasteiger partial charge in [0.2, 0.25) is 0 Å². The zero-order chi connectivity index (χ0) is 22.0. The molecule has 4 rings (SSSR count). The van der Waals surface area contributed by atoms with Gasteiger partial charge in [-0.15, -0.1) is 0 Å². The van der Waals surface area contributed by atoms with E-state index in [2.05, 4.69) is 5.32 Å². The molecular formula is C24H18FNO5. The Kier molecular flexibility index (Phi) is 5.41. The van der Waals surface area contributed by atoms with Crippen molar-refractivity contribution in [3.05, 3.63) is 88.3 Å². The van der Waals surface area contributed by atoms with Crippen LogP contribution in [0.4, 0.5) is 10.1 Å². The Morgan fingerprint density at radius 1 is 0.935 bits per heavy atom. The van der Waals surface area contributed by atoms with Crippen molar-refractivity contribution in [2.75, 3.05) is 19.5 Å². The molecule has 6 nitrogen and oxygen atoms in total. The molecule has 0 radical (unpaired) electrons. The lowest BCUT2D eigenvalue weighted by Gasteiger charge is -2.10. The fourth-order valence-corrected chi connectivity index (χ4v) is 3.21. The molecule has 0 unspecified atom stereocenters. The number of hydrogen-bond acceptors (Lipinski definition) is 5. The molecule has 0 fully saturated rings. The first-order chi connectivity index (χ1) is 15.0. The second-order valence-corrected chi connectivity index (χ2v) is 6.69. The Morgan fingerprint density at radius 3 is 2.45 bits per heavy atom. The van der Waals surface area contributed by atoms with E-state index >= 15 is 0 Å². The molecule has 0 spiro atoms. The maximum Gasteiger partial charge on any atom is 0.258 e. The molecule has 156 valence electrons. The van der Waals surface area contributed by atoms with Gasteiger partial charge in [0, 0.05) is 17.3 Å². The minimum absolute atomic E-state index is 0.0848. The van der Waals surface area contributed by atoms with E-state index in [4.69, 9.17) is 13.9 Å². The minimum Gasteiger partial charge on any atom is -0.493 e. The molecule has 1 heterocycles. The number of hydrogen-bond donors (Lipinski definition) is 1. The lowest BCUT2D eigenvalue weighted by Crippen LogP contribution is -2.14. The van der Waals surface area contributed by atoms with Gasteiger partial charge in [0.05, 0.1) is 25.2 Å². The minimum atomic E-state index is -0.625. The van der Waals surface area contributed by atoms with Gasteiger partial charge in [-0.2, -0.15) is 0 Å². The van der Waals surface area contributed by atoms with Crippen LogP contribution in [0.2, 0.25) is 0 Å². The average molecular weight is 419 g/mol. The predicted molar refractivity (Wildman–Crippen MR) is 115 cm³/mol. The summed E-state index contributed by atoms with van der Waals surface area (Å²) in [5.74, 6) is 0.198. The number of carbonyl (C=O) groups is 1. The van der Waals surface area contributed by atoms with Gasteiger partial charge in [0.25, 0.3) is 5.91 Å². The third kappa shape index (κ3) is 3.98. The summed E-state index contributed by atoms with van der Waals surface area (Å²) in [5.41, 5.74) is 0.980. The van der Waals surface area contributed by atoms with Crippen molar-refractivity contribution >= 4 is 22.6 Å². The number of ether oxygens (including phenoxy) is 2. The number of nitrogens with one attached hydrogen (secondary N) is 1. The maximum absolute atomic E-state index is 13.8. The second-order valence-electron chi connectivity index (χ2n) is 6.69. The van der Waals surface area contributed by atoms with Crippen LogP contribution < -0.4 is 20.2 Å². The van der Waals surface area contributed by atoms with Gasteiger partial charge in [0.1, 0.15) is 17.2 Å². The van der Waals surface area contributed by atoms with Crippen LogP contribution in [0, 0.1) is 5.82 Å². The molecule has 0 atom stereocenters. The van der Waals surface area contributed by atoms with Gasteiger partial charge in [-0.05, 0) is 48.5 Å². The molecular weight excluding hydrogens is 401 g/mol. The highest BCUT2D eigenvalue weighted by molar-refractivity contribution is 6.05. The number of amides is 1. The molecule has 0 aliphatic rings. The molecule has 0 aliphatic heterocycles. The van der Waals surface area contributed by atoms with E-state index < -0.39 is 11.7 Å². The number of benzene rings is 3. The van der Waals surface area contributed by atoms with E-state index in [0.717, 1.165) is 0 Å². The van der Waals surface area contributed by atoms with Crippen LogP contribution in [0.5, 0.6) is 11.5 Å². The summed E-state index contributed by atoms with van der Waals surface area (Å²) in [6.07, 6.45) is 0. The van der Waals surface area contributed by atoms with Crippen molar-refractivity contribution in [1.29, 1.82) is 0 Å². The Labute approximate surface area is 176 Å². The van der Waals surface area contributed by atoms with E-state index in [1.807, 2.05) is 0 Å². The number of fused-ring (bicyclic) bond motifs is 1. The standard InChI is InChI=1S/C24H18FNO5/c1-29-21-9-7-14(11-23(21)30-2)22-13-19(27)17-12-15(8-10-20(17)31-22)26-24(28)16-5-3-4-6-18(16)25/h3-13H,1-2H3,(H,26,28). The molecule has 1 N–H and O–H groups in total. The SMILES string of the molecule is COc1ccc(-c2cc(=O)c3cc(NC(=O)c4ccccc4F)ccc3o2)cc1OC. The molecule has 3 aromatic carbocycles. The fourth-order valence-electron chi connectivity index (χ4n) is 3.21. The van der Waals surface area contributed by atoms with Crippen molar-refractivity contribution in [3.63, 3.8) is 0 Å². The summed E-state index contributed by atoms with van der Waals surface area (Å²) in [6, 6.07) is 16.9. The summed E-state index contributed by atoms with van der Waals surface area (Å²) >= 11 is 0. The first-order valence-electron chi connectivity index (χ1n) is 9.36. The topological polar surface area (TPSA) is 77.8 Å². The first-order valence-corrected chi connectivity index (χ1v) is 9.36. The first kappa shape index (κ1) is 20.2. The van der Waals surface area contributed by atoms with Gasteiger partial charge in [-0.25, -0.2) is 4.39 Å². The van der Waals surface area contributed by atoms with Crippen LogP contribution >= 0.6 is 0 Å². The molecule has 1 aromatic heterocycles. The summed E-state index contributed by atoms with van der Waals surface area (Å²) in [4.78, 5) is 25.1. The van der Waals surface area contributed by atoms with Crippen molar-refractivity contribution in [1.82, 2.24) is 0 Å². The quantitative estimate of drug-likeness (QED) is 0.499. The third-order valence-electron chi connectivity index (χ3n) is 4.77. The van der Waals surface area contributed by atoms with Crippen molar-refractivity contribution in [3.8, 4) is 22.8 Å². The van der Waals surface area contributed by atoms with Crippen LogP contribution in [-0.4, -0.2) is 20.1 Å². The summed E-state index contributed by atoms with van der Waals surface area (Å²) < 4.78 is 30.3. The molecule has 31 heavy (non-hydrogen) atoms. The van der Waals surface area contributed by atoms with E-state index in [1.54, 1.807) is 36.4 Å². The zero-order valence-electron chi connectivity index (χ0n) is 16.8. The highest BCUT2D eigenvalue weighted by Crippen LogP contribution is 2.33. The molecule has 0 bridgehead atoms.